The van der Waals surface area contributed by atoms with Crippen molar-refractivity contribution in [2.45, 2.75) is 64.4 Å². The first-order chi connectivity index (χ1) is 13.3. The third-order valence-electron chi connectivity index (χ3n) is 4.36. The lowest BCUT2D eigenvalue weighted by atomic mass is 10.1. The Hall–Kier alpha value is -0.0800. The average Bonchev–Trinajstić information content (AvgIpc) is 3.41. The minimum Gasteiger partial charge on any atom is -0.327 e. The number of thioether (sulfide) groups is 1. The van der Waals surface area contributed by atoms with Gasteiger partial charge in [-0.15, -0.1) is 22.1 Å². The molecule has 1 fully saturated rings. The lowest BCUT2D eigenvalue weighted by Crippen LogP contribution is -2.24. The number of pyridine rings is 1. The first kappa shape index (κ1) is 27.9. The van der Waals surface area contributed by atoms with Gasteiger partial charge in [-0.25, -0.2) is 8.78 Å². The van der Waals surface area contributed by atoms with Crippen LogP contribution in [0.5, 0.6) is 0 Å². The smallest absolute Gasteiger partial charge is 0.248 e. The fourth-order valence-electron chi connectivity index (χ4n) is 2.43. The van der Waals surface area contributed by atoms with Gasteiger partial charge in [0.25, 0.3) is 0 Å². The summed E-state index contributed by atoms with van der Waals surface area (Å²) < 4.78 is 28.9. The monoisotopic (exact) mass is 458 g/mol. The van der Waals surface area contributed by atoms with Gasteiger partial charge in [0.2, 0.25) is 5.92 Å². The molecule has 2 rings (SSSR count). The summed E-state index contributed by atoms with van der Waals surface area (Å²) >= 11 is 8.09. The zero-order valence-corrected chi connectivity index (χ0v) is 20.7. The molecular weight excluding hydrogens is 422 g/mol. The Labute approximate surface area is 181 Å². The topological polar surface area (TPSA) is 34.1 Å². The van der Waals surface area contributed by atoms with Gasteiger partial charge >= 0.3 is 0 Å². The predicted octanol–water partition coefficient (Wildman–Crippen LogP) is 6.96. The molecule has 8 heteroatoms. The van der Waals surface area contributed by atoms with Gasteiger partial charge < -0.3 is 9.50 Å². The van der Waals surface area contributed by atoms with Crippen LogP contribution in [0.15, 0.2) is 17.3 Å². The molecule has 1 saturated carbocycles. The van der Waals surface area contributed by atoms with E-state index in [4.69, 9.17) is 15.8 Å². The number of nitrogens with one attached hydrogen (secondary N) is 1. The van der Waals surface area contributed by atoms with Gasteiger partial charge in [-0.3, -0.25) is 4.98 Å². The number of nitrogens with zero attached hydrogens (tertiary/aromatic N) is 1. The van der Waals surface area contributed by atoms with Crippen molar-refractivity contribution in [2.75, 3.05) is 37.1 Å². The summed E-state index contributed by atoms with van der Waals surface area (Å²) in [6.07, 6.45) is 5.84. The van der Waals surface area contributed by atoms with Crippen molar-refractivity contribution in [2.24, 2.45) is 0 Å². The highest BCUT2D eigenvalue weighted by atomic mass is 35.5. The number of alkyl halides is 2. The number of aromatic nitrogens is 1. The molecule has 1 unspecified atom stereocenters. The van der Waals surface area contributed by atoms with E-state index in [0.29, 0.717) is 5.02 Å². The van der Waals surface area contributed by atoms with Crippen LogP contribution in [-0.2, 0) is 4.18 Å². The zero-order valence-electron chi connectivity index (χ0n) is 18.3. The molecule has 0 spiro atoms. The van der Waals surface area contributed by atoms with Gasteiger partial charge in [0.1, 0.15) is 6.10 Å². The zero-order chi connectivity index (χ0) is 21.8. The van der Waals surface area contributed by atoms with E-state index in [1.807, 2.05) is 33.3 Å². The molecule has 0 radical (unpaired) electrons. The first-order valence-corrected chi connectivity index (χ1v) is 13.6. The lowest BCUT2D eigenvalue weighted by Gasteiger charge is -2.40. The summed E-state index contributed by atoms with van der Waals surface area (Å²) in [6, 6.07) is 0. The van der Waals surface area contributed by atoms with Crippen LogP contribution in [-0.4, -0.2) is 48.0 Å². The molecule has 1 aliphatic rings. The standard InChI is InChI=1S/C15H27ClN2OS2.C3H4F2.C2H6/c1-6-21(7-2,8-3)19-13(10-17-4)15-12(16)9-18-11-14(15)20-5;4-3(5)1-2-3;1-2/h9,11,13,17H,6-8,10H2,1-5H3;1-2H2;1-2H3. The Balaban J connectivity index is 0.000000879. The van der Waals surface area contributed by atoms with Crippen LogP contribution in [0.3, 0.4) is 0 Å². The van der Waals surface area contributed by atoms with Crippen LogP contribution in [0.2, 0.25) is 5.02 Å². The first-order valence-electron chi connectivity index (χ1n) is 9.92. The van der Waals surface area contributed by atoms with E-state index in [1.54, 1.807) is 18.0 Å². The second-order valence-corrected chi connectivity index (χ2v) is 11.2. The molecule has 0 bridgehead atoms. The van der Waals surface area contributed by atoms with Gasteiger partial charge in [0.15, 0.2) is 0 Å². The Morgan fingerprint density at radius 2 is 1.71 bits per heavy atom. The van der Waals surface area contributed by atoms with E-state index < -0.39 is 16.2 Å². The summed E-state index contributed by atoms with van der Waals surface area (Å²) in [7, 11) is 0.900. The van der Waals surface area contributed by atoms with E-state index in [2.05, 4.69) is 31.1 Å². The van der Waals surface area contributed by atoms with Gasteiger partial charge in [-0.05, 0) is 30.6 Å². The fraction of sp³-hybridized carbons (Fsp3) is 0.750. The van der Waals surface area contributed by atoms with Gasteiger partial charge in [0.05, 0.1) is 5.02 Å². The SMILES string of the molecule is CC.CCS(CC)(CC)OC(CNC)c1c(Cl)cncc1SC.FC1(F)CC1. The number of hydrogen-bond donors (Lipinski definition) is 1. The minimum absolute atomic E-state index is 0.0252. The lowest BCUT2D eigenvalue weighted by molar-refractivity contribution is 0.120. The molecule has 1 heterocycles. The van der Waals surface area contributed by atoms with E-state index in [1.165, 1.54) is 0 Å². The molecule has 1 atom stereocenters. The molecule has 0 aromatic carbocycles. The van der Waals surface area contributed by atoms with Crippen molar-refractivity contribution in [3.05, 3.63) is 23.0 Å². The van der Waals surface area contributed by atoms with Crippen molar-refractivity contribution < 1.29 is 13.0 Å². The average molecular weight is 459 g/mol. The van der Waals surface area contributed by atoms with Crippen molar-refractivity contribution >= 4 is 33.7 Å². The van der Waals surface area contributed by atoms with Crippen LogP contribution in [0.4, 0.5) is 8.78 Å². The van der Waals surface area contributed by atoms with E-state index in [-0.39, 0.29) is 18.9 Å². The van der Waals surface area contributed by atoms with E-state index in [0.717, 1.165) is 34.3 Å². The van der Waals surface area contributed by atoms with Gasteiger partial charge in [-0.2, -0.15) is 0 Å². The Bertz CT molecular complexity index is 547. The molecule has 0 saturated heterocycles. The maximum atomic E-state index is 11.1. The molecule has 166 valence electrons. The van der Waals surface area contributed by atoms with Crippen LogP contribution < -0.4 is 5.32 Å². The molecule has 1 aromatic heterocycles. The maximum absolute atomic E-state index is 11.1. The largest absolute Gasteiger partial charge is 0.327 e. The predicted molar refractivity (Wildman–Crippen MR) is 124 cm³/mol. The molecule has 1 aliphatic carbocycles. The quantitative estimate of drug-likeness (QED) is 0.405. The normalized spacial score (nSPS) is 16.2. The Kier molecular flexibility index (Phi) is 14.0. The van der Waals surface area contributed by atoms with Crippen LogP contribution in [0.1, 0.15) is 59.1 Å². The van der Waals surface area contributed by atoms with E-state index >= 15 is 0 Å². The number of halogens is 3. The highest BCUT2D eigenvalue weighted by molar-refractivity contribution is 8.29. The van der Waals surface area contributed by atoms with Gasteiger partial charge in [-0.1, -0.05) is 46.2 Å². The Morgan fingerprint density at radius 3 is 2.07 bits per heavy atom. The molecule has 28 heavy (non-hydrogen) atoms. The number of likely N-dealkylation sites (N-methyl/N-ethyl adjacent to an activating group) is 1. The van der Waals surface area contributed by atoms with Crippen LogP contribution in [0.25, 0.3) is 0 Å². The summed E-state index contributed by atoms with van der Waals surface area (Å²) in [5.41, 5.74) is 1.07. The summed E-state index contributed by atoms with van der Waals surface area (Å²) in [5.74, 6) is 0.993. The molecular formula is C20H37ClF2N2OS2. The van der Waals surface area contributed by atoms with E-state index in [9.17, 15) is 8.78 Å². The van der Waals surface area contributed by atoms with Crippen molar-refractivity contribution in [3.63, 3.8) is 0 Å². The minimum atomic E-state index is -2.25. The summed E-state index contributed by atoms with van der Waals surface area (Å²) in [5, 5.41) is 3.93. The summed E-state index contributed by atoms with van der Waals surface area (Å²) in [4.78, 5) is 5.29. The van der Waals surface area contributed by atoms with Gasteiger partial charge in [0, 0.05) is 42.2 Å². The second kappa shape index (κ2) is 14.0. The van der Waals surface area contributed by atoms with Crippen molar-refractivity contribution in [1.29, 1.82) is 0 Å². The number of rotatable bonds is 9. The molecule has 0 amide bonds. The fourth-order valence-corrected chi connectivity index (χ4v) is 5.68. The van der Waals surface area contributed by atoms with Crippen LogP contribution in [0, 0.1) is 0 Å². The number of hydrogen-bond acceptors (Lipinski definition) is 4. The molecule has 3 nitrogen and oxygen atoms in total. The highest BCUT2D eigenvalue weighted by Crippen LogP contribution is 2.52. The molecule has 1 aromatic rings. The highest BCUT2D eigenvalue weighted by Gasteiger charge is 2.43. The molecule has 0 aliphatic heterocycles. The third-order valence-corrected chi connectivity index (χ3v) is 9.22. The van der Waals surface area contributed by atoms with Crippen LogP contribution >= 0.6 is 33.7 Å². The summed E-state index contributed by atoms with van der Waals surface area (Å²) in [6.45, 7) is 11.4. The molecule has 1 N–H and O–H groups in total. The Morgan fingerprint density at radius 1 is 1.21 bits per heavy atom. The van der Waals surface area contributed by atoms with Crippen molar-refractivity contribution in [1.82, 2.24) is 10.3 Å². The van der Waals surface area contributed by atoms with Crippen molar-refractivity contribution in [3.8, 4) is 0 Å². The third kappa shape index (κ3) is 9.16. The second-order valence-electron chi connectivity index (χ2n) is 6.07. The maximum Gasteiger partial charge on any atom is 0.248 e.